The molecule has 1 aromatic carbocycles. The van der Waals surface area contributed by atoms with Crippen molar-refractivity contribution in [3.63, 3.8) is 0 Å². The first-order valence-electron chi connectivity index (χ1n) is 7.41. The highest BCUT2D eigenvalue weighted by molar-refractivity contribution is 5.39. The summed E-state index contributed by atoms with van der Waals surface area (Å²) in [5.74, 6) is 0. The van der Waals surface area contributed by atoms with Gasteiger partial charge in [-0.15, -0.1) is 0 Å². The van der Waals surface area contributed by atoms with E-state index in [0.29, 0.717) is 12.6 Å². The van der Waals surface area contributed by atoms with Crippen LogP contribution < -0.4 is 5.73 Å². The van der Waals surface area contributed by atoms with Crippen molar-refractivity contribution in [2.75, 3.05) is 18.8 Å². The van der Waals surface area contributed by atoms with Crippen LogP contribution in [0.1, 0.15) is 36.1 Å². The molecule has 1 aromatic heterocycles. The number of pyridine rings is 1. The monoisotopic (exact) mass is 283 g/mol. The first kappa shape index (κ1) is 14.0. The molecule has 2 atom stereocenters. The van der Waals surface area contributed by atoms with Gasteiger partial charge in [-0.3, -0.25) is 9.88 Å². The lowest BCUT2D eigenvalue weighted by Gasteiger charge is -2.27. The fourth-order valence-electron chi connectivity index (χ4n) is 3.04. The van der Waals surface area contributed by atoms with Crippen molar-refractivity contribution < 1.29 is 5.11 Å². The fourth-order valence-corrected chi connectivity index (χ4v) is 3.04. The van der Waals surface area contributed by atoms with Crippen LogP contribution in [-0.2, 0) is 0 Å². The summed E-state index contributed by atoms with van der Waals surface area (Å²) in [7, 11) is 0. The number of likely N-dealkylation sites (tertiary alicyclic amines) is 1. The third kappa shape index (κ3) is 3.23. The molecule has 1 aliphatic heterocycles. The molecule has 4 heteroatoms. The molecule has 0 amide bonds. The topological polar surface area (TPSA) is 62.4 Å². The van der Waals surface area contributed by atoms with E-state index in [4.69, 9.17) is 5.73 Å². The molecule has 3 N–H and O–H groups in total. The average molecular weight is 283 g/mol. The Bertz CT molecular complexity index is 570. The van der Waals surface area contributed by atoms with Gasteiger partial charge in [0.1, 0.15) is 0 Å². The fraction of sp³-hybridized carbons (Fsp3) is 0.353. The first-order chi connectivity index (χ1) is 10.2. The summed E-state index contributed by atoms with van der Waals surface area (Å²) >= 11 is 0. The average Bonchev–Trinajstić information content (AvgIpc) is 2.97. The van der Waals surface area contributed by atoms with Gasteiger partial charge in [0.15, 0.2) is 0 Å². The second-order valence-corrected chi connectivity index (χ2v) is 5.62. The van der Waals surface area contributed by atoms with Gasteiger partial charge in [-0.05, 0) is 48.7 Å². The van der Waals surface area contributed by atoms with Crippen LogP contribution in [0.25, 0.3) is 0 Å². The van der Waals surface area contributed by atoms with Crippen LogP contribution in [-0.4, -0.2) is 28.1 Å². The summed E-state index contributed by atoms with van der Waals surface area (Å²) in [6.45, 7) is 1.66. The molecule has 0 bridgehead atoms. The molecule has 4 nitrogen and oxygen atoms in total. The van der Waals surface area contributed by atoms with Crippen molar-refractivity contribution >= 4 is 5.69 Å². The molecule has 0 aliphatic carbocycles. The van der Waals surface area contributed by atoms with E-state index in [1.807, 2.05) is 36.5 Å². The molecule has 2 heterocycles. The zero-order chi connectivity index (χ0) is 14.7. The molecule has 1 saturated heterocycles. The van der Waals surface area contributed by atoms with E-state index in [2.05, 4.69) is 16.0 Å². The van der Waals surface area contributed by atoms with Crippen molar-refractivity contribution in [1.82, 2.24) is 9.88 Å². The van der Waals surface area contributed by atoms with E-state index >= 15 is 0 Å². The van der Waals surface area contributed by atoms with Crippen molar-refractivity contribution in [1.29, 1.82) is 0 Å². The minimum Gasteiger partial charge on any atom is -0.399 e. The van der Waals surface area contributed by atoms with Crippen molar-refractivity contribution in [2.45, 2.75) is 25.0 Å². The first-order valence-corrected chi connectivity index (χ1v) is 7.41. The quantitative estimate of drug-likeness (QED) is 0.846. The number of β-amino-alcohol motifs (C(OH)–C–C–N with tert-alkyl or cyclic N) is 1. The molecule has 2 unspecified atom stereocenters. The molecular formula is C17H21N3O. The molecule has 0 spiro atoms. The number of aliphatic hydroxyl groups is 1. The third-order valence-electron chi connectivity index (χ3n) is 4.16. The van der Waals surface area contributed by atoms with Gasteiger partial charge in [0, 0.05) is 30.7 Å². The standard InChI is InChI=1S/C17H21N3O/c18-15-7-5-13(6-8-15)17(21)12-20-10-2-4-16(20)14-3-1-9-19-11-14/h1,3,5-9,11,16-17,21H,2,4,10,12,18H2. The van der Waals surface area contributed by atoms with E-state index in [1.54, 1.807) is 6.20 Å². The molecule has 1 fully saturated rings. The maximum absolute atomic E-state index is 10.4. The second-order valence-electron chi connectivity index (χ2n) is 5.62. The summed E-state index contributed by atoms with van der Waals surface area (Å²) in [5.41, 5.74) is 8.57. The van der Waals surface area contributed by atoms with Crippen LogP contribution in [0.15, 0.2) is 48.8 Å². The van der Waals surface area contributed by atoms with Gasteiger partial charge < -0.3 is 10.8 Å². The van der Waals surface area contributed by atoms with Crippen LogP contribution >= 0.6 is 0 Å². The van der Waals surface area contributed by atoms with Gasteiger partial charge in [-0.2, -0.15) is 0 Å². The lowest BCUT2D eigenvalue weighted by atomic mass is 10.1. The molecule has 2 aromatic rings. The molecule has 21 heavy (non-hydrogen) atoms. The number of rotatable bonds is 4. The van der Waals surface area contributed by atoms with E-state index in [-0.39, 0.29) is 0 Å². The Kier molecular flexibility index (Phi) is 4.18. The number of anilines is 1. The Morgan fingerprint density at radius 3 is 2.81 bits per heavy atom. The Labute approximate surface area is 125 Å². The summed E-state index contributed by atoms with van der Waals surface area (Å²) in [4.78, 5) is 6.55. The maximum atomic E-state index is 10.4. The normalized spacial score (nSPS) is 20.5. The number of hydrogen-bond donors (Lipinski definition) is 2. The Balaban J connectivity index is 1.70. The zero-order valence-corrected chi connectivity index (χ0v) is 12.0. The van der Waals surface area contributed by atoms with Crippen LogP contribution in [0.5, 0.6) is 0 Å². The number of nitrogen functional groups attached to an aromatic ring is 1. The molecular weight excluding hydrogens is 262 g/mol. The smallest absolute Gasteiger partial charge is 0.0917 e. The molecule has 1 aliphatic rings. The van der Waals surface area contributed by atoms with Crippen LogP contribution in [0, 0.1) is 0 Å². The summed E-state index contributed by atoms with van der Waals surface area (Å²) in [6.07, 6.45) is 5.53. The van der Waals surface area contributed by atoms with Crippen LogP contribution in [0.3, 0.4) is 0 Å². The highest BCUT2D eigenvalue weighted by Gasteiger charge is 2.27. The van der Waals surface area contributed by atoms with Gasteiger partial charge in [-0.25, -0.2) is 0 Å². The predicted molar refractivity (Wildman–Crippen MR) is 83.6 cm³/mol. The number of nitrogens with two attached hydrogens (primary N) is 1. The van der Waals surface area contributed by atoms with Gasteiger partial charge in [0.2, 0.25) is 0 Å². The lowest BCUT2D eigenvalue weighted by Crippen LogP contribution is -2.28. The maximum Gasteiger partial charge on any atom is 0.0917 e. The van der Waals surface area contributed by atoms with Crippen LogP contribution in [0.2, 0.25) is 0 Å². The highest BCUT2D eigenvalue weighted by Crippen LogP contribution is 2.32. The number of aromatic nitrogens is 1. The Hall–Kier alpha value is -1.91. The number of benzene rings is 1. The predicted octanol–water partition coefficient (Wildman–Crippen LogP) is 2.53. The van der Waals surface area contributed by atoms with Gasteiger partial charge in [-0.1, -0.05) is 18.2 Å². The molecule has 110 valence electrons. The Morgan fingerprint density at radius 2 is 2.10 bits per heavy atom. The van der Waals surface area contributed by atoms with Gasteiger partial charge >= 0.3 is 0 Å². The van der Waals surface area contributed by atoms with E-state index in [1.165, 1.54) is 5.56 Å². The van der Waals surface area contributed by atoms with Gasteiger partial charge in [0.05, 0.1) is 6.10 Å². The van der Waals surface area contributed by atoms with Crippen molar-refractivity contribution in [3.05, 3.63) is 59.9 Å². The minimum absolute atomic E-state index is 0.363. The van der Waals surface area contributed by atoms with E-state index in [9.17, 15) is 5.11 Å². The Morgan fingerprint density at radius 1 is 1.29 bits per heavy atom. The summed E-state index contributed by atoms with van der Waals surface area (Å²) in [5, 5.41) is 10.4. The van der Waals surface area contributed by atoms with Crippen LogP contribution in [0.4, 0.5) is 5.69 Å². The molecule has 0 saturated carbocycles. The summed E-state index contributed by atoms with van der Waals surface area (Å²) < 4.78 is 0. The van der Waals surface area contributed by atoms with Gasteiger partial charge in [0.25, 0.3) is 0 Å². The highest BCUT2D eigenvalue weighted by atomic mass is 16.3. The molecule has 0 radical (unpaired) electrons. The van der Waals surface area contributed by atoms with E-state index < -0.39 is 6.10 Å². The number of hydrogen-bond acceptors (Lipinski definition) is 4. The summed E-state index contributed by atoms with van der Waals surface area (Å²) in [6, 6.07) is 11.9. The van der Waals surface area contributed by atoms with Crippen molar-refractivity contribution in [3.8, 4) is 0 Å². The minimum atomic E-state index is -0.483. The van der Waals surface area contributed by atoms with Crippen molar-refractivity contribution in [2.24, 2.45) is 0 Å². The largest absolute Gasteiger partial charge is 0.399 e. The lowest BCUT2D eigenvalue weighted by molar-refractivity contribution is 0.106. The van der Waals surface area contributed by atoms with E-state index in [0.717, 1.165) is 30.6 Å². The molecule has 3 rings (SSSR count). The zero-order valence-electron chi connectivity index (χ0n) is 12.0. The SMILES string of the molecule is Nc1ccc(C(O)CN2CCCC2c2cccnc2)cc1. The second kappa shape index (κ2) is 6.24. The number of nitrogens with zero attached hydrogens (tertiary/aromatic N) is 2. The third-order valence-corrected chi connectivity index (χ3v) is 4.16. The number of aliphatic hydroxyl groups excluding tert-OH is 1.